The highest BCUT2D eigenvalue weighted by atomic mass is 19.2. The summed E-state index contributed by atoms with van der Waals surface area (Å²) in [5, 5.41) is 0. The fourth-order valence-electron chi connectivity index (χ4n) is 10.7. The third-order valence-corrected chi connectivity index (χ3v) is 14.4. The lowest BCUT2D eigenvalue weighted by Gasteiger charge is -2.37. The molecule has 2 aromatic carbocycles. The molecule has 0 saturated heterocycles. The van der Waals surface area contributed by atoms with Gasteiger partial charge < -0.3 is 9.47 Å². The molecule has 0 unspecified atom stereocenters. The Kier molecular flexibility index (Phi) is 19.9. The molecule has 6 rings (SSSR count). The van der Waals surface area contributed by atoms with Gasteiger partial charge in [-0.25, -0.2) is 8.78 Å². The van der Waals surface area contributed by atoms with Gasteiger partial charge in [0.05, 0.1) is 24.3 Å². The molecule has 0 N–H and O–H groups in total. The number of halogens is 4. The highest BCUT2D eigenvalue weighted by Crippen LogP contribution is 2.44. The molecule has 0 bridgehead atoms. The average Bonchev–Trinajstić information content (AvgIpc) is 3.27. The van der Waals surface area contributed by atoms with Crippen molar-refractivity contribution in [1.29, 1.82) is 0 Å². The molecule has 4 fully saturated rings. The van der Waals surface area contributed by atoms with Crippen molar-refractivity contribution in [2.24, 2.45) is 47.3 Å². The van der Waals surface area contributed by atoms with Crippen LogP contribution in [-0.4, -0.2) is 13.2 Å². The van der Waals surface area contributed by atoms with Crippen molar-refractivity contribution in [2.75, 3.05) is 13.2 Å². The molecule has 326 valence electrons. The van der Waals surface area contributed by atoms with Gasteiger partial charge in [0.2, 0.25) is 11.6 Å². The van der Waals surface area contributed by atoms with E-state index in [-0.39, 0.29) is 22.6 Å². The summed E-state index contributed by atoms with van der Waals surface area (Å²) in [6.45, 7) is 8.69. The van der Waals surface area contributed by atoms with Gasteiger partial charge in [0.1, 0.15) is 0 Å². The molecule has 59 heavy (non-hydrogen) atoms. The quantitative estimate of drug-likeness (QED) is 0.114. The summed E-state index contributed by atoms with van der Waals surface area (Å²) in [5.74, 6) is 14.5. The molecule has 0 spiro atoms. The van der Waals surface area contributed by atoms with Gasteiger partial charge in [0.15, 0.2) is 23.1 Å². The molecule has 2 aromatic rings. The molecule has 2 nitrogen and oxygen atoms in total. The van der Waals surface area contributed by atoms with Crippen LogP contribution in [0.15, 0.2) is 24.3 Å². The first-order valence-corrected chi connectivity index (χ1v) is 24.0. The van der Waals surface area contributed by atoms with Crippen LogP contribution in [-0.2, 0) is 0 Å². The van der Waals surface area contributed by atoms with Crippen molar-refractivity contribution in [2.45, 2.75) is 175 Å². The van der Waals surface area contributed by atoms with Gasteiger partial charge in [-0.1, -0.05) is 108 Å². The highest BCUT2D eigenvalue weighted by molar-refractivity contribution is 5.42. The van der Waals surface area contributed by atoms with Crippen LogP contribution in [0.2, 0.25) is 0 Å². The monoisotopic (exact) mass is 819 g/mol. The zero-order valence-corrected chi connectivity index (χ0v) is 36.9. The zero-order chi connectivity index (χ0) is 42.0. The Balaban J connectivity index is 0.000000224. The van der Waals surface area contributed by atoms with Crippen molar-refractivity contribution < 1.29 is 27.0 Å². The van der Waals surface area contributed by atoms with Gasteiger partial charge in [-0.2, -0.15) is 8.78 Å². The van der Waals surface area contributed by atoms with E-state index < -0.39 is 23.3 Å². The maximum absolute atomic E-state index is 14.2. The molecule has 4 aliphatic carbocycles. The molecule has 0 atom stereocenters. The Bertz CT molecular complexity index is 1670. The van der Waals surface area contributed by atoms with E-state index in [1.54, 1.807) is 13.8 Å². The maximum atomic E-state index is 14.2. The van der Waals surface area contributed by atoms with Crippen LogP contribution in [0.4, 0.5) is 17.6 Å². The fraction of sp³-hybridized carbons (Fsp3) is 0.698. The van der Waals surface area contributed by atoms with Gasteiger partial charge in [-0.3, -0.25) is 0 Å². The second-order valence-corrected chi connectivity index (χ2v) is 18.3. The lowest BCUT2D eigenvalue weighted by atomic mass is 9.69. The van der Waals surface area contributed by atoms with Gasteiger partial charge in [0, 0.05) is 11.8 Å². The van der Waals surface area contributed by atoms with Crippen LogP contribution >= 0.6 is 0 Å². The molecular formula is C53H74F4O2. The van der Waals surface area contributed by atoms with Gasteiger partial charge in [0.25, 0.3) is 0 Å². The summed E-state index contributed by atoms with van der Waals surface area (Å²) in [4.78, 5) is 0. The predicted octanol–water partition coefficient (Wildman–Crippen LogP) is 15.4. The minimum Gasteiger partial charge on any atom is -0.491 e. The van der Waals surface area contributed by atoms with Gasteiger partial charge in [-0.05, 0) is 151 Å². The topological polar surface area (TPSA) is 18.5 Å². The van der Waals surface area contributed by atoms with Gasteiger partial charge in [-0.15, -0.1) is 0 Å². The normalized spacial score (nSPS) is 26.9. The molecular weight excluding hydrogens is 745 g/mol. The first-order chi connectivity index (χ1) is 28.7. The van der Waals surface area contributed by atoms with E-state index in [4.69, 9.17) is 9.47 Å². The van der Waals surface area contributed by atoms with Crippen LogP contribution < -0.4 is 9.47 Å². The van der Waals surface area contributed by atoms with E-state index in [0.29, 0.717) is 25.0 Å². The predicted molar refractivity (Wildman–Crippen MR) is 234 cm³/mol. The molecule has 0 heterocycles. The van der Waals surface area contributed by atoms with Crippen molar-refractivity contribution >= 4 is 0 Å². The molecule has 4 saturated carbocycles. The molecule has 0 aromatic heterocycles. The first kappa shape index (κ1) is 46.9. The van der Waals surface area contributed by atoms with E-state index in [0.717, 1.165) is 61.2 Å². The summed E-state index contributed by atoms with van der Waals surface area (Å²) in [6.07, 6.45) is 30.4. The van der Waals surface area contributed by atoms with Crippen molar-refractivity contribution in [3.05, 3.63) is 58.7 Å². The minimum absolute atomic E-state index is 0.0406. The molecule has 6 heteroatoms. The summed E-state index contributed by atoms with van der Waals surface area (Å²) >= 11 is 0. The SMILES string of the molecule is CCCCC[C@H]1CC[C@H](C2CCC(C#Cc3ccc(OCC)c(F)c3F)CC2)CC1.CCCC[C@H]1CC[C@H](C2CCC(C#Cc3ccc(OCC)c(F)c3F)CC2)CC1. The largest absolute Gasteiger partial charge is 0.491 e. The number of ether oxygens (including phenoxy) is 2. The number of benzene rings is 2. The molecule has 0 aliphatic heterocycles. The number of hydrogen-bond donors (Lipinski definition) is 0. The van der Waals surface area contributed by atoms with Crippen LogP contribution in [0.5, 0.6) is 11.5 Å². The molecule has 4 aliphatic rings. The van der Waals surface area contributed by atoms with Crippen molar-refractivity contribution in [3.63, 3.8) is 0 Å². The summed E-state index contributed by atoms with van der Waals surface area (Å²) in [5.41, 5.74) is 0.276. The Morgan fingerprint density at radius 2 is 0.797 bits per heavy atom. The van der Waals surface area contributed by atoms with Gasteiger partial charge >= 0.3 is 0 Å². The third kappa shape index (κ3) is 14.2. The second-order valence-electron chi connectivity index (χ2n) is 18.3. The van der Waals surface area contributed by atoms with Crippen molar-refractivity contribution in [1.82, 2.24) is 0 Å². The summed E-state index contributed by atoms with van der Waals surface area (Å²) in [7, 11) is 0. The minimum atomic E-state index is -0.933. The first-order valence-electron chi connectivity index (χ1n) is 24.0. The van der Waals surface area contributed by atoms with E-state index >= 15 is 0 Å². The molecule has 0 amide bonds. The van der Waals surface area contributed by atoms with Crippen LogP contribution in [0.1, 0.15) is 187 Å². The number of hydrogen-bond acceptors (Lipinski definition) is 2. The maximum Gasteiger partial charge on any atom is 0.201 e. The Labute approximate surface area is 355 Å². The van der Waals surface area contributed by atoms with E-state index in [1.807, 2.05) is 0 Å². The Morgan fingerprint density at radius 1 is 0.441 bits per heavy atom. The second kappa shape index (κ2) is 25.0. The Morgan fingerprint density at radius 3 is 1.15 bits per heavy atom. The molecule has 0 radical (unpaired) electrons. The number of rotatable bonds is 13. The average molecular weight is 819 g/mol. The summed E-state index contributed by atoms with van der Waals surface area (Å²) < 4.78 is 66.6. The number of unbranched alkanes of at least 4 members (excludes halogenated alkanes) is 3. The lowest BCUT2D eigenvalue weighted by molar-refractivity contribution is 0.153. The fourth-order valence-corrected chi connectivity index (χ4v) is 10.7. The summed E-state index contributed by atoms with van der Waals surface area (Å²) in [6, 6.07) is 6.00. The van der Waals surface area contributed by atoms with E-state index in [1.165, 1.54) is 146 Å². The van der Waals surface area contributed by atoms with Crippen LogP contribution in [0.25, 0.3) is 0 Å². The van der Waals surface area contributed by atoms with E-state index in [2.05, 4.69) is 37.5 Å². The van der Waals surface area contributed by atoms with Crippen LogP contribution in [0.3, 0.4) is 0 Å². The smallest absolute Gasteiger partial charge is 0.201 e. The highest BCUT2D eigenvalue weighted by Gasteiger charge is 2.32. The third-order valence-electron chi connectivity index (χ3n) is 14.4. The zero-order valence-electron chi connectivity index (χ0n) is 36.9. The standard InChI is InChI=1S/C27H38F2O.C26H36F2O/c1-3-5-6-7-20-8-13-22(14-9-20)23-15-10-21(11-16-23)12-17-24-18-19-25(30-4-2)27(29)26(24)28;1-3-5-6-19-7-12-21(13-8-19)22-14-9-20(10-15-22)11-16-23-17-18-24(29-4-2)26(28)25(23)27/h18-23H,3-11,13-16H2,1-2H3;17-22H,3-10,12-15H2,1-2H3/t20-,21?,22-,23?;19-,20?,21-,22?. The van der Waals surface area contributed by atoms with Crippen molar-refractivity contribution in [3.8, 4) is 35.2 Å². The van der Waals surface area contributed by atoms with E-state index in [9.17, 15) is 17.6 Å². The Hall–Kier alpha value is -3.12. The van der Waals surface area contributed by atoms with Crippen LogP contribution in [0, 0.1) is 94.3 Å². The lowest BCUT2D eigenvalue weighted by Crippen LogP contribution is -2.25.